The van der Waals surface area contributed by atoms with E-state index in [4.69, 9.17) is 5.84 Å². The summed E-state index contributed by atoms with van der Waals surface area (Å²) < 4.78 is 0. The first-order valence-electron chi connectivity index (χ1n) is 9.46. The van der Waals surface area contributed by atoms with Crippen LogP contribution in [0.2, 0.25) is 0 Å². The number of nitrogens with two attached hydrogens (primary N) is 3. The van der Waals surface area contributed by atoms with E-state index in [1.165, 1.54) is 30.3 Å². The molecule has 0 saturated carbocycles. The van der Waals surface area contributed by atoms with Crippen LogP contribution in [-0.2, 0) is 0 Å². The number of hydrogen-bond donors (Lipinski definition) is 3. The molecule has 32 heavy (non-hydrogen) atoms. The molecule has 2 aromatic rings. The molecule has 0 bridgehead atoms. The molecule has 2 aromatic carbocycles. The van der Waals surface area contributed by atoms with E-state index in [0.29, 0.717) is 23.3 Å². The Labute approximate surface area is 185 Å². The Hall–Kier alpha value is -3.74. The lowest BCUT2D eigenvalue weighted by atomic mass is 10.1. The van der Waals surface area contributed by atoms with Crippen molar-refractivity contribution >= 4 is 22.9 Å². The molecule has 0 aliphatic rings. The number of non-ortho nitro benzene ring substituents is 2. The first-order valence-corrected chi connectivity index (χ1v) is 9.46. The minimum atomic E-state index is -0.497. The number of hydrogen-bond acceptors (Lipinski definition) is 9. The molecule has 0 aliphatic carbocycles. The van der Waals surface area contributed by atoms with Crippen molar-refractivity contribution in [2.75, 3.05) is 0 Å². The Morgan fingerprint density at radius 2 is 1.31 bits per heavy atom. The van der Waals surface area contributed by atoms with E-state index in [-0.39, 0.29) is 22.6 Å². The van der Waals surface area contributed by atoms with E-state index >= 15 is 0 Å². The minimum absolute atomic E-state index is 0. The molecule has 0 saturated heterocycles. The van der Waals surface area contributed by atoms with Crippen LogP contribution in [0, 0.1) is 20.2 Å². The first-order chi connectivity index (χ1) is 14.8. The molecule has 0 atom stereocenters. The standard InChI is InChI=1S/C10H13N3O2.C10H11NO3.H4N2.H2O/c1-2-4-10(12-11)8-5-3-6-9(7-8)13(14)15;1-2-4-10(12)8-5-3-6-9(7-8)11(13)14;1-2;/h3,5-7H,2,4,11H2,1H3;3,5-7H,2,4H2,1H3;1-2H2;1H2. The van der Waals surface area contributed by atoms with Crippen LogP contribution in [0.1, 0.15) is 55.5 Å². The highest BCUT2D eigenvalue weighted by Crippen LogP contribution is 2.16. The zero-order chi connectivity index (χ0) is 23.8. The molecule has 0 heterocycles. The summed E-state index contributed by atoms with van der Waals surface area (Å²) in [5.74, 6) is 13.2. The van der Waals surface area contributed by atoms with Crippen LogP contribution in [0.25, 0.3) is 0 Å². The fraction of sp³-hybridized carbons (Fsp3) is 0.300. The number of hydrazone groups is 1. The second-order valence-electron chi connectivity index (χ2n) is 6.11. The van der Waals surface area contributed by atoms with E-state index in [0.717, 1.165) is 19.3 Å². The number of ketones is 1. The highest BCUT2D eigenvalue weighted by molar-refractivity contribution is 6.00. The fourth-order valence-electron chi connectivity index (χ4n) is 2.48. The molecule has 0 radical (unpaired) electrons. The molecule has 12 nitrogen and oxygen atoms in total. The van der Waals surface area contributed by atoms with Crippen molar-refractivity contribution in [1.29, 1.82) is 0 Å². The average molecular weight is 450 g/mol. The molecular formula is C20H30N6O6. The molecule has 0 unspecified atom stereocenters. The number of rotatable bonds is 8. The van der Waals surface area contributed by atoms with E-state index in [1.807, 2.05) is 13.8 Å². The Balaban J connectivity index is 0. The van der Waals surface area contributed by atoms with Gasteiger partial charge in [0.2, 0.25) is 0 Å². The molecule has 0 amide bonds. The van der Waals surface area contributed by atoms with Crippen LogP contribution in [0.15, 0.2) is 53.6 Å². The summed E-state index contributed by atoms with van der Waals surface area (Å²) in [5.41, 5.74) is 1.85. The zero-order valence-electron chi connectivity index (χ0n) is 18.1. The molecule has 2 rings (SSSR count). The summed E-state index contributed by atoms with van der Waals surface area (Å²) >= 11 is 0. The number of nitro benzene ring substituents is 2. The normalized spacial score (nSPS) is 9.81. The average Bonchev–Trinajstić information content (AvgIpc) is 2.79. The van der Waals surface area contributed by atoms with Gasteiger partial charge in [0.25, 0.3) is 11.4 Å². The van der Waals surface area contributed by atoms with Gasteiger partial charge < -0.3 is 11.3 Å². The predicted molar refractivity (Wildman–Crippen MR) is 123 cm³/mol. The predicted octanol–water partition coefficient (Wildman–Crippen LogP) is 2.63. The lowest BCUT2D eigenvalue weighted by molar-refractivity contribution is -0.385. The highest BCUT2D eigenvalue weighted by Gasteiger charge is 2.10. The summed E-state index contributed by atoms with van der Waals surface area (Å²) in [5, 5.41) is 24.6. The van der Waals surface area contributed by atoms with Crippen molar-refractivity contribution in [2.24, 2.45) is 22.6 Å². The lowest BCUT2D eigenvalue weighted by Crippen LogP contribution is -2.04. The topological polar surface area (TPSA) is 225 Å². The second-order valence-corrected chi connectivity index (χ2v) is 6.11. The molecule has 8 N–H and O–H groups in total. The van der Waals surface area contributed by atoms with Gasteiger partial charge in [-0.15, -0.1) is 0 Å². The number of nitro groups is 2. The van der Waals surface area contributed by atoms with Crippen LogP contribution in [-0.4, -0.2) is 26.8 Å². The van der Waals surface area contributed by atoms with Crippen LogP contribution in [0.4, 0.5) is 11.4 Å². The Bertz CT molecular complexity index is 904. The second kappa shape index (κ2) is 17.0. The van der Waals surface area contributed by atoms with Crippen LogP contribution in [0.3, 0.4) is 0 Å². The summed E-state index contributed by atoms with van der Waals surface area (Å²) in [7, 11) is 0. The summed E-state index contributed by atoms with van der Waals surface area (Å²) in [4.78, 5) is 31.5. The van der Waals surface area contributed by atoms with Crippen LogP contribution < -0.4 is 17.5 Å². The Morgan fingerprint density at radius 3 is 1.72 bits per heavy atom. The van der Waals surface area contributed by atoms with Gasteiger partial charge in [0.05, 0.1) is 15.6 Å². The number of benzene rings is 2. The molecule has 0 spiro atoms. The van der Waals surface area contributed by atoms with Gasteiger partial charge in [0.1, 0.15) is 0 Å². The third-order valence-corrected chi connectivity index (χ3v) is 3.89. The summed E-state index contributed by atoms with van der Waals surface area (Å²) in [6, 6.07) is 12.2. The molecule has 176 valence electrons. The van der Waals surface area contributed by atoms with Crippen LogP contribution in [0.5, 0.6) is 0 Å². The van der Waals surface area contributed by atoms with Gasteiger partial charge in [-0.2, -0.15) is 5.10 Å². The van der Waals surface area contributed by atoms with Gasteiger partial charge in [-0.1, -0.05) is 44.5 Å². The van der Waals surface area contributed by atoms with Crippen molar-refractivity contribution in [3.05, 3.63) is 79.9 Å². The lowest BCUT2D eigenvalue weighted by Gasteiger charge is -2.02. The molecule has 0 fully saturated rings. The van der Waals surface area contributed by atoms with Crippen molar-refractivity contribution < 1.29 is 20.1 Å². The maximum atomic E-state index is 11.4. The van der Waals surface area contributed by atoms with E-state index in [2.05, 4.69) is 16.8 Å². The van der Waals surface area contributed by atoms with Gasteiger partial charge >= 0.3 is 0 Å². The smallest absolute Gasteiger partial charge is 0.270 e. The third-order valence-electron chi connectivity index (χ3n) is 3.89. The molecular weight excluding hydrogens is 420 g/mol. The van der Waals surface area contributed by atoms with Gasteiger partial charge in [-0.05, 0) is 12.8 Å². The monoisotopic (exact) mass is 450 g/mol. The van der Waals surface area contributed by atoms with Crippen molar-refractivity contribution in [2.45, 2.75) is 39.5 Å². The molecule has 0 aliphatic heterocycles. The van der Waals surface area contributed by atoms with Gasteiger partial charge in [0.15, 0.2) is 5.78 Å². The van der Waals surface area contributed by atoms with E-state index in [1.54, 1.807) is 18.2 Å². The zero-order valence-corrected chi connectivity index (χ0v) is 18.1. The van der Waals surface area contributed by atoms with Gasteiger partial charge in [0, 0.05) is 41.8 Å². The van der Waals surface area contributed by atoms with Crippen molar-refractivity contribution in [3.8, 4) is 0 Å². The van der Waals surface area contributed by atoms with E-state index in [9.17, 15) is 25.0 Å². The number of Topliss-reactive ketones (excluding diaryl/α,β-unsaturated/α-hetero) is 1. The Morgan fingerprint density at radius 1 is 0.875 bits per heavy atom. The summed E-state index contributed by atoms with van der Waals surface area (Å²) in [6.45, 7) is 3.90. The SMILES string of the molecule is CCCC(=NN)c1cccc([N+](=O)[O-])c1.CCCC(=O)c1cccc([N+](=O)[O-])c1.NN.O. The number of nitrogens with zero attached hydrogens (tertiary/aromatic N) is 3. The number of carbonyl (C=O) groups is 1. The van der Waals surface area contributed by atoms with Crippen LogP contribution >= 0.6 is 0 Å². The molecule has 0 aromatic heterocycles. The largest absolute Gasteiger partial charge is 0.412 e. The number of carbonyl (C=O) groups excluding carboxylic acids is 1. The van der Waals surface area contributed by atoms with E-state index < -0.39 is 9.85 Å². The first kappa shape index (κ1) is 30.5. The fourth-order valence-corrected chi connectivity index (χ4v) is 2.48. The summed E-state index contributed by atoms with van der Waals surface area (Å²) in [6.07, 6.45) is 2.80. The third kappa shape index (κ3) is 10.3. The Kier molecular flexibility index (Phi) is 16.2. The maximum Gasteiger partial charge on any atom is 0.270 e. The van der Waals surface area contributed by atoms with Crippen molar-refractivity contribution in [1.82, 2.24) is 0 Å². The number of hydrazine groups is 1. The minimum Gasteiger partial charge on any atom is -0.412 e. The van der Waals surface area contributed by atoms with Crippen molar-refractivity contribution in [3.63, 3.8) is 0 Å². The quantitative estimate of drug-likeness (QED) is 0.177. The maximum absolute atomic E-state index is 11.4. The van der Waals surface area contributed by atoms with Gasteiger partial charge in [-0.3, -0.25) is 36.7 Å². The molecule has 12 heteroatoms. The highest BCUT2D eigenvalue weighted by atomic mass is 16.6. The van der Waals surface area contributed by atoms with Gasteiger partial charge in [-0.25, -0.2) is 0 Å².